The van der Waals surface area contributed by atoms with E-state index in [1.54, 1.807) is 14.1 Å². The molecule has 0 fully saturated rings. The molecular weight excluding hydrogens is 242 g/mol. The van der Waals surface area contributed by atoms with Gasteiger partial charge in [-0.1, -0.05) is 25.1 Å². The summed E-state index contributed by atoms with van der Waals surface area (Å²) in [6.45, 7) is 2.50. The quantitative estimate of drug-likeness (QED) is 0.803. The van der Waals surface area contributed by atoms with E-state index in [0.717, 1.165) is 5.69 Å². The highest BCUT2D eigenvalue weighted by atomic mass is 16.2. The maximum Gasteiger partial charge on any atom is 0.243 e. The number of nitrogens with one attached hydrogen (secondary N) is 2. The Morgan fingerprint density at radius 3 is 2.47 bits per heavy atom. The third kappa shape index (κ3) is 5.09. The van der Waals surface area contributed by atoms with E-state index in [2.05, 4.69) is 10.6 Å². The average Bonchev–Trinajstić information content (AvgIpc) is 2.39. The number of carbonyl (C=O) groups is 2. The van der Waals surface area contributed by atoms with Crippen molar-refractivity contribution < 1.29 is 9.59 Å². The second-order valence-corrected chi connectivity index (χ2v) is 4.57. The largest absolute Gasteiger partial charge is 0.336 e. The average molecular weight is 263 g/mol. The number of hydrogen-bond donors (Lipinski definition) is 2. The zero-order valence-corrected chi connectivity index (χ0v) is 11.6. The second kappa shape index (κ2) is 7.53. The van der Waals surface area contributed by atoms with Crippen molar-refractivity contribution >= 4 is 17.5 Å². The lowest BCUT2D eigenvalue weighted by atomic mass is 10.1. The zero-order chi connectivity index (χ0) is 14.3. The Hall–Kier alpha value is -1.88. The van der Waals surface area contributed by atoms with E-state index in [1.165, 1.54) is 4.90 Å². The van der Waals surface area contributed by atoms with Crippen LogP contribution < -0.4 is 10.6 Å². The van der Waals surface area contributed by atoms with E-state index >= 15 is 0 Å². The number of hydrogen-bond acceptors (Lipinski definition) is 3. The highest BCUT2D eigenvalue weighted by Crippen LogP contribution is 2.05. The van der Waals surface area contributed by atoms with Crippen LogP contribution in [0.3, 0.4) is 0 Å². The Balaban J connectivity index is 2.46. The first-order valence-corrected chi connectivity index (χ1v) is 6.29. The van der Waals surface area contributed by atoms with Crippen LogP contribution in [0.1, 0.15) is 6.92 Å². The van der Waals surface area contributed by atoms with Crippen LogP contribution in [-0.2, 0) is 9.59 Å². The van der Waals surface area contributed by atoms with Gasteiger partial charge in [0.25, 0.3) is 0 Å². The van der Waals surface area contributed by atoms with Crippen LogP contribution in [0.2, 0.25) is 0 Å². The van der Waals surface area contributed by atoms with Crippen LogP contribution in [0, 0.1) is 5.92 Å². The van der Waals surface area contributed by atoms with Gasteiger partial charge in [0.05, 0.1) is 6.54 Å². The maximum atomic E-state index is 11.9. The summed E-state index contributed by atoms with van der Waals surface area (Å²) in [6, 6.07) is 9.19. The Labute approximate surface area is 114 Å². The highest BCUT2D eigenvalue weighted by molar-refractivity contribution is 5.94. The van der Waals surface area contributed by atoms with Gasteiger partial charge in [0.15, 0.2) is 0 Å². The van der Waals surface area contributed by atoms with Crippen LogP contribution >= 0.6 is 0 Å². The lowest BCUT2D eigenvalue weighted by Crippen LogP contribution is -2.40. The molecule has 5 nitrogen and oxygen atoms in total. The molecule has 0 bridgehead atoms. The van der Waals surface area contributed by atoms with Crippen LogP contribution in [0.15, 0.2) is 30.3 Å². The van der Waals surface area contributed by atoms with E-state index < -0.39 is 0 Å². The predicted molar refractivity (Wildman–Crippen MR) is 75.8 cm³/mol. The molecule has 1 unspecified atom stereocenters. The van der Waals surface area contributed by atoms with Crippen LogP contribution in [0.5, 0.6) is 0 Å². The van der Waals surface area contributed by atoms with Gasteiger partial charge in [0.2, 0.25) is 11.8 Å². The summed E-state index contributed by atoms with van der Waals surface area (Å²) in [4.78, 5) is 25.2. The molecule has 104 valence electrons. The van der Waals surface area contributed by atoms with Gasteiger partial charge in [0, 0.05) is 25.2 Å². The van der Waals surface area contributed by atoms with Gasteiger partial charge in [-0.25, -0.2) is 0 Å². The normalized spacial score (nSPS) is 11.7. The standard InChI is InChI=1S/C14H21N3O2/c1-11(9-15-2)14(19)17(3)10-13(18)16-12-7-5-4-6-8-12/h4-8,11,15H,9-10H2,1-3H3,(H,16,18). The molecule has 0 saturated heterocycles. The van der Waals surface area contributed by atoms with E-state index in [0.29, 0.717) is 6.54 Å². The third-order valence-electron chi connectivity index (χ3n) is 2.75. The molecular formula is C14H21N3O2. The van der Waals surface area contributed by atoms with Gasteiger partial charge in [-0.05, 0) is 19.2 Å². The molecule has 1 rings (SSSR count). The fourth-order valence-corrected chi connectivity index (χ4v) is 1.79. The number of anilines is 1. The first kappa shape index (κ1) is 15.2. The molecule has 0 saturated carbocycles. The molecule has 5 heteroatoms. The number of para-hydroxylation sites is 1. The molecule has 19 heavy (non-hydrogen) atoms. The van der Waals surface area contributed by atoms with Gasteiger partial charge < -0.3 is 15.5 Å². The summed E-state index contributed by atoms with van der Waals surface area (Å²) in [5.41, 5.74) is 0.733. The summed E-state index contributed by atoms with van der Waals surface area (Å²) in [5.74, 6) is -0.379. The Morgan fingerprint density at radius 2 is 1.89 bits per heavy atom. The molecule has 2 amide bonds. The summed E-state index contributed by atoms with van der Waals surface area (Å²) < 4.78 is 0. The first-order valence-electron chi connectivity index (χ1n) is 6.29. The van der Waals surface area contributed by atoms with E-state index in [-0.39, 0.29) is 24.3 Å². The predicted octanol–water partition coefficient (Wildman–Crippen LogP) is 0.939. The fourth-order valence-electron chi connectivity index (χ4n) is 1.79. The van der Waals surface area contributed by atoms with Crippen molar-refractivity contribution in [2.75, 3.05) is 32.5 Å². The Morgan fingerprint density at radius 1 is 1.26 bits per heavy atom. The molecule has 0 heterocycles. The van der Waals surface area contributed by atoms with Crippen molar-refractivity contribution in [2.45, 2.75) is 6.92 Å². The van der Waals surface area contributed by atoms with E-state index in [9.17, 15) is 9.59 Å². The zero-order valence-electron chi connectivity index (χ0n) is 11.6. The van der Waals surface area contributed by atoms with Crippen LogP contribution in [0.4, 0.5) is 5.69 Å². The van der Waals surface area contributed by atoms with Crippen molar-refractivity contribution in [3.05, 3.63) is 30.3 Å². The van der Waals surface area contributed by atoms with Gasteiger partial charge in [-0.2, -0.15) is 0 Å². The molecule has 0 aliphatic carbocycles. The monoisotopic (exact) mass is 263 g/mol. The molecule has 0 aromatic heterocycles. The number of amides is 2. The van der Waals surface area contributed by atoms with Crippen molar-refractivity contribution in [2.24, 2.45) is 5.92 Å². The summed E-state index contributed by atoms with van der Waals surface area (Å²) in [5, 5.41) is 5.70. The molecule has 0 spiro atoms. The van der Waals surface area contributed by atoms with Crippen molar-refractivity contribution in [1.82, 2.24) is 10.2 Å². The maximum absolute atomic E-state index is 11.9. The lowest BCUT2D eigenvalue weighted by Gasteiger charge is -2.20. The number of rotatable bonds is 6. The molecule has 2 N–H and O–H groups in total. The SMILES string of the molecule is CNCC(C)C(=O)N(C)CC(=O)Nc1ccccc1. The number of likely N-dealkylation sites (N-methyl/N-ethyl adjacent to an activating group) is 1. The number of carbonyl (C=O) groups excluding carboxylic acids is 2. The topological polar surface area (TPSA) is 61.4 Å². The molecule has 0 aliphatic heterocycles. The minimum absolute atomic E-state index is 0.0439. The summed E-state index contributed by atoms with van der Waals surface area (Å²) in [7, 11) is 3.44. The Kier molecular flexibility index (Phi) is 6.02. The van der Waals surface area contributed by atoms with E-state index in [4.69, 9.17) is 0 Å². The first-order chi connectivity index (χ1) is 9.04. The fraction of sp³-hybridized carbons (Fsp3) is 0.429. The van der Waals surface area contributed by atoms with Gasteiger partial charge >= 0.3 is 0 Å². The van der Waals surface area contributed by atoms with Gasteiger partial charge in [-0.15, -0.1) is 0 Å². The molecule has 0 aliphatic rings. The van der Waals surface area contributed by atoms with Crippen molar-refractivity contribution in [3.8, 4) is 0 Å². The molecule has 1 aromatic carbocycles. The minimum atomic E-state index is -0.196. The van der Waals surface area contributed by atoms with Gasteiger partial charge in [0.1, 0.15) is 0 Å². The van der Waals surface area contributed by atoms with Gasteiger partial charge in [-0.3, -0.25) is 9.59 Å². The molecule has 1 atom stereocenters. The third-order valence-corrected chi connectivity index (χ3v) is 2.75. The van der Waals surface area contributed by atoms with E-state index in [1.807, 2.05) is 37.3 Å². The second-order valence-electron chi connectivity index (χ2n) is 4.57. The smallest absolute Gasteiger partial charge is 0.243 e. The summed E-state index contributed by atoms with van der Waals surface area (Å²) >= 11 is 0. The number of benzene rings is 1. The summed E-state index contributed by atoms with van der Waals surface area (Å²) in [6.07, 6.45) is 0. The molecule has 1 aromatic rings. The van der Waals surface area contributed by atoms with Crippen LogP contribution in [0.25, 0.3) is 0 Å². The Bertz CT molecular complexity index is 420. The lowest BCUT2D eigenvalue weighted by molar-refractivity contribution is -0.136. The van der Waals surface area contributed by atoms with Crippen molar-refractivity contribution in [3.63, 3.8) is 0 Å². The van der Waals surface area contributed by atoms with Crippen molar-refractivity contribution in [1.29, 1.82) is 0 Å². The molecule has 0 radical (unpaired) electrons. The number of nitrogens with zero attached hydrogens (tertiary/aromatic N) is 1. The minimum Gasteiger partial charge on any atom is -0.336 e. The highest BCUT2D eigenvalue weighted by Gasteiger charge is 2.18. The van der Waals surface area contributed by atoms with Crippen LogP contribution in [-0.4, -0.2) is 43.9 Å².